The van der Waals surface area contributed by atoms with Gasteiger partial charge in [0.25, 0.3) is 0 Å². The number of rotatable bonds is 4. The van der Waals surface area contributed by atoms with Gasteiger partial charge in [0.1, 0.15) is 5.76 Å². The second-order valence-electron chi connectivity index (χ2n) is 5.26. The SMILES string of the molecule is CCCc1nnc2sc(-c3ccc(-c4ccc(Cl)c(Cl)c4)o3)nn12. The molecule has 8 heteroatoms. The van der Waals surface area contributed by atoms with Crippen LogP contribution in [0.15, 0.2) is 34.7 Å². The standard InChI is InChI=1S/C16H12Cl2N4OS/c1-2-3-14-19-20-16-22(14)21-15(24-16)13-7-6-12(23-13)9-4-5-10(17)11(18)8-9/h4-8H,2-3H2,1H3. The highest BCUT2D eigenvalue weighted by Gasteiger charge is 2.15. The van der Waals surface area contributed by atoms with Crippen LogP contribution < -0.4 is 0 Å². The number of halogens is 2. The molecule has 0 fully saturated rings. The first-order chi connectivity index (χ1) is 11.7. The third-order valence-electron chi connectivity index (χ3n) is 3.55. The molecule has 4 aromatic rings. The van der Waals surface area contributed by atoms with Crippen molar-refractivity contribution in [3.63, 3.8) is 0 Å². The van der Waals surface area contributed by atoms with Crippen LogP contribution in [0.3, 0.4) is 0 Å². The lowest BCUT2D eigenvalue weighted by Crippen LogP contribution is -1.94. The second kappa shape index (κ2) is 6.20. The summed E-state index contributed by atoms with van der Waals surface area (Å²) in [7, 11) is 0. The number of nitrogens with zero attached hydrogens (tertiary/aromatic N) is 4. The topological polar surface area (TPSA) is 56.2 Å². The summed E-state index contributed by atoms with van der Waals surface area (Å²) in [5.41, 5.74) is 0.866. The Morgan fingerprint density at radius 3 is 2.71 bits per heavy atom. The number of aryl methyl sites for hydroxylation is 1. The van der Waals surface area contributed by atoms with E-state index >= 15 is 0 Å². The Bertz CT molecular complexity index is 1020. The molecule has 5 nitrogen and oxygen atoms in total. The Balaban J connectivity index is 1.70. The zero-order valence-corrected chi connectivity index (χ0v) is 15.0. The van der Waals surface area contributed by atoms with Gasteiger partial charge < -0.3 is 4.42 Å². The van der Waals surface area contributed by atoms with E-state index < -0.39 is 0 Å². The highest BCUT2D eigenvalue weighted by molar-refractivity contribution is 7.19. The predicted octanol–water partition coefficient (Wildman–Crippen LogP) is 5.37. The van der Waals surface area contributed by atoms with Crippen molar-refractivity contribution in [1.82, 2.24) is 19.8 Å². The minimum Gasteiger partial charge on any atom is -0.454 e. The largest absolute Gasteiger partial charge is 0.454 e. The number of benzene rings is 1. The first-order valence-electron chi connectivity index (χ1n) is 7.42. The van der Waals surface area contributed by atoms with Crippen LogP contribution in [0.1, 0.15) is 19.2 Å². The number of furan rings is 1. The van der Waals surface area contributed by atoms with Crippen molar-refractivity contribution >= 4 is 39.5 Å². The van der Waals surface area contributed by atoms with E-state index in [1.807, 2.05) is 18.2 Å². The van der Waals surface area contributed by atoms with Gasteiger partial charge in [-0.3, -0.25) is 0 Å². The summed E-state index contributed by atoms with van der Waals surface area (Å²) >= 11 is 13.5. The quantitative estimate of drug-likeness (QED) is 0.478. The van der Waals surface area contributed by atoms with Crippen molar-refractivity contribution in [2.24, 2.45) is 0 Å². The van der Waals surface area contributed by atoms with Crippen LogP contribution in [0, 0.1) is 0 Å². The van der Waals surface area contributed by atoms with Crippen LogP contribution in [0.25, 0.3) is 27.1 Å². The van der Waals surface area contributed by atoms with E-state index in [1.54, 1.807) is 16.6 Å². The third-order valence-corrected chi connectivity index (χ3v) is 5.20. The average molecular weight is 379 g/mol. The molecule has 0 atom stereocenters. The van der Waals surface area contributed by atoms with E-state index in [0.717, 1.165) is 34.2 Å². The summed E-state index contributed by atoms with van der Waals surface area (Å²) in [5.74, 6) is 2.27. The summed E-state index contributed by atoms with van der Waals surface area (Å²) < 4.78 is 7.72. The van der Waals surface area contributed by atoms with Crippen LogP contribution >= 0.6 is 34.5 Å². The zero-order valence-electron chi connectivity index (χ0n) is 12.7. The molecule has 0 unspecified atom stereocenters. The summed E-state index contributed by atoms with van der Waals surface area (Å²) in [6, 6.07) is 9.19. The van der Waals surface area contributed by atoms with E-state index in [0.29, 0.717) is 21.6 Å². The minimum atomic E-state index is 0.495. The van der Waals surface area contributed by atoms with Gasteiger partial charge in [0.05, 0.1) is 10.0 Å². The molecule has 0 saturated carbocycles. The molecule has 0 amide bonds. The second-order valence-corrected chi connectivity index (χ2v) is 7.03. The molecule has 0 saturated heterocycles. The van der Waals surface area contributed by atoms with Gasteiger partial charge in [-0.1, -0.05) is 41.5 Å². The van der Waals surface area contributed by atoms with Crippen LogP contribution in [-0.4, -0.2) is 19.8 Å². The Morgan fingerprint density at radius 2 is 1.92 bits per heavy atom. The molecule has 3 aromatic heterocycles. The molecule has 0 bridgehead atoms. The summed E-state index contributed by atoms with van der Waals surface area (Å²) in [5, 5.41) is 14.7. The lowest BCUT2D eigenvalue weighted by Gasteiger charge is -1.99. The summed E-state index contributed by atoms with van der Waals surface area (Å²) in [6.07, 6.45) is 1.84. The number of aromatic nitrogens is 4. The first-order valence-corrected chi connectivity index (χ1v) is 8.99. The third kappa shape index (κ3) is 2.70. The highest BCUT2D eigenvalue weighted by Crippen LogP contribution is 2.33. The molecule has 4 rings (SSSR count). The molecule has 1 aromatic carbocycles. The Kier molecular flexibility index (Phi) is 4.04. The fraction of sp³-hybridized carbons (Fsp3) is 0.188. The number of hydrogen-bond acceptors (Lipinski definition) is 5. The van der Waals surface area contributed by atoms with Crippen LogP contribution in [0.5, 0.6) is 0 Å². The maximum atomic E-state index is 6.07. The van der Waals surface area contributed by atoms with Gasteiger partial charge in [0.2, 0.25) is 4.96 Å². The van der Waals surface area contributed by atoms with Crippen molar-refractivity contribution in [3.8, 4) is 22.1 Å². The van der Waals surface area contributed by atoms with Crippen molar-refractivity contribution in [1.29, 1.82) is 0 Å². The Hall–Kier alpha value is -1.89. The molecule has 0 N–H and O–H groups in total. The van der Waals surface area contributed by atoms with E-state index in [9.17, 15) is 0 Å². The van der Waals surface area contributed by atoms with Gasteiger partial charge in [-0.05, 0) is 36.8 Å². The van der Waals surface area contributed by atoms with Crippen molar-refractivity contribution in [2.45, 2.75) is 19.8 Å². The fourth-order valence-electron chi connectivity index (χ4n) is 2.39. The van der Waals surface area contributed by atoms with Crippen molar-refractivity contribution in [2.75, 3.05) is 0 Å². The number of fused-ring (bicyclic) bond motifs is 1. The molecule has 0 aliphatic rings. The van der Waals surface area contributed by atoms with Crippen LogP contribution in [-0.2, 0) is 6.42 Å². The summed E-state index contributed by atoms with van der Waals surface area (Å²) in [4.78, 5) is 0.765. The zero-order chi connectivity index (χ0) is 16.7. The first kappa shape index (κ1) is 15.6. The minimum absolute atomic E-state index is 0.495. The molecule has 0 radical (unpaired) electrons. The van der Waals surface area contributed by atoms with Gasteiger partial charge in [-0.15, -0.1) is 15.3 Å². The van der Waals surface area contributed by atoms with Gasteiger partial charge >= 0.3 is 0 Å². The monoisotopic (exact) mass is 378 g/mol. The van der Waals surface area contributed by atoms with Crippen LogP contribution in [0.4, 0.5) is 0 Å². The number of hydrogen-bond donors (Lipinski definition) is 0. The van der Waals surface area contributed by atoms with Crippen molar-refractivity contribution < 1.29 is 4.42 Å². The predicted molar refractivity (Wildman–Crippen MR) is 95.8 cm³/mol. The van der Waals surface area contributed by atoms with E-state index in [-0.39, 0.29) is 0 Å². The molecule has 0 spiro atoms. The lowest BCUT2D eigenvalue weighted by molar-refractivity contribution is 0.595. The van der Waals surface area contributed by atoms with Gasteiger partial charge in [-0.25, -0.2) is 0 Å². The Labute approximate surface area is 151 Å². The molecule has 24 heavy (non-hydrogen) atoms. The summed E-state index contributed by atoms with van der Waals surface area (Å²) in [6.45, 7) is 2.10. The average Bonchev–Trinajstić information content (AvgIpc) is 3.26. The smallest absolute Gasteiger partial charge is 0.235 e. The Morgan fingerprint density at radius 1 is 1.08 bits per heavy atom. The van der Waals surface area contributed by atoms with Gasteiger partial charge in [-0.2, -0.15) is 4.52 Å². The molecule has 122 valence electrons. The molecule has 0 aliphatic heterocycles. The van der Waals surface area contributed by atoms with E-state index in [4.69, 9.17) is 27.6 Å². The van der Waals surface area contributed by atoms with E-state index in [1.165, 1.54) is 11.3 Å². The highest BCUT2D eigenvalue weighted by atomic mass is 35.5. The normalized spacial score (nSPS) is 11.5. The molecular weight excluding hydrogens is 367 g/mol. The maximum absolute atomic E-state index is 6.07. The van der Waals surface area contributed by atoms with Gasteiger partial charge in [0.15, 0.2) is 16.6 Å². The molecular formula is C16H12Cl2N4OS. The maximum Gasteiger partial charge on any atom is 0.235 e. The lowest BCUT2D eigenvalue weighted by atomic mass is 10.2. The van der Waals surface area contributed by atoms with Crippen molar-refractivity contribution in [3.05, 3.63) is 46.2 Å². The molecule has 0 aliphatic carbocycles. The van der Waals surface area contributed by atoms with Gasteiger partial charge in [0, 0.05) is 12.0 Å². The molecule has 3 heterocycles. The van der Waals surface area contributed by atoms with E-state index in [2.05, 4.69) is 22.2 Å². The fourth-order valence-corrected chi connectivity index (χ4v) is 3.51. The van der Waals surface area contributed by atoms with Crippen LogP contribution in [0.2, 0.25) is 10.0 Å².